The number of carbonyl (C=O) groups excluding carboxylic acids is 2. The Labute approximate surface area is 156 Å². The van der Waals surface area contributed by atoms with Crippen LogP contribution in [0.5, 0.6) is 0 Å². The maximum atomic E-state index is 12.4. The first kappa shape index (κ1) is 20.2. The highest BCUT2D eigenvalue weighted by Crippen LogP contribution is 2.18. The maximum absolute atomic E-state index is 12.4. The first-order chi connectivity index (χ1) is 12.5. The number of piperazine rings is 1. The Morgan fingerprint density at radius 2 is 1.92 bits per heavy atom. The number of benzene rings is 1. The molecule has 2 N–H and O–H groups in total. The highest BCUT2D eigenvalue weighted by Gasteiger charge is 2.29. The molecule has 0 radical (unpaired) electrons. The van der Waals surface area contributed by atoms with Crippen LogP contribution in [0, 0.1) is 12.8 Å². The molecule has 2 atom stereocenters. The van der Waals surface area contributed by atoms with Crippen LogP contribution in [0.4, 0.5) is 5.69 Å². The Balaban J connectivity index is 1.85. The quantitative estimate of drug-likeness (QED) is 0.690. The number of anilines is 1. The Kier molecular flexibility index (Phi) is 7.45. The van der Waals surface area contributed by atoms with Crippen molar-refractivity contribution in [2.24, 2.45) is 5.92 Å². The van der Waals surface area contributed by atoms with E-state index in [1.165, 1.54) is 23.3 Å². The summed E-state index contributed by atoms with van der Waals surface area (Å²) in [5.74, 6) is -0.397. The molecule has 0 aliphatic carbocycles. The Morgan fingerprint density at radius 1 is 1.27 bits per heavy atom. The summed E-state index contributed by atoms with van der Waals surface area (Å²) in [6, 6.07) is 7.84. The number of rotatable bonds is 7. The minimum absolute atomic E-state index is 0.0549. The van der Waals surface area contributed by atoms with E-state index in [0.29, 0.717) is 6.54 Å². The number of esters is 1. The average molecular weight is 362 g/mol. The fraction of sp³-hybridized carbons (Fsp3) is 0.600. The van der Waals surface area contributed by atoms with Crippen LogP contribution in [-0.2, 0) is 14.3 Å². The topological polar surface area (TPSA) is 63.1 Å². The smallest absolute Gasteiger partial charge is 0.328 e. The van der Waals surface area contributed by atoms with Gasteiger partial charge >= 0.3 is 5.97 Å². The molecule has 0 spiro atoms. The minimum atomic E-state index is -0.565. The highest BCUT2D eigenvalue weighted by atomic mass is 16.5. The van der Waals surface area contributed by atoms with Gasteiger partial charge in [0.15, 0.2) is 6.54 Å². The van der Waals surface area contributed by atoms with Gasteiger partial charge in [0, 0.05) is 5.69 Å². The van der Waals surface area contributed by atoms with E-state index < -0.39 is 6.04 Å². The van der Waals surface area contributed by atoms with Crippen LogP contribution in [0.1, 0.15) is 25.8 Å². The van der Waals surface area contributed by atoms with Gasteiger partial charge < -0.3 is 19.9 Å². The van der Waals surface area contributed by atoms with Crippen molar-refractivity contribution in [3.8, 4) is 0 Å². The number of carbonyl (C=O) groups is 2. The molecule has 0 aromatic heterocycles. The number of ether oxygens (including phenoxy) is 1. The Hall–Kier alpha value is -2.08. The fourth-order valence-corrected chi connectivity index (χ4v) is 3.41. The summed E-state index contributed by atoms with van der Waals surface area (Å²) < 4.78 is 4.83. The van der Waals surface area contributed by atoms with Gasteiger partial charge in [-0.25, -0.2) is 4.79 Å². The van der Waals surface area contributed by atoms with Gasteiger partial charge in [0.2, 0.25) is 0 Å². The lowest BCUT2D eigenvalue weighted by Gasteiger charge is -2.34. The molecule has 144 valence electrons. The van der Waals surface area contributed by atoms with Gasteiger partial charge in [-0.05, 0) is 24.5 Å². The van der Waals surface area contributed by atoms with Crippen LogP contribution < -0.4 is 15.1 Å². The van der Waals surface area contributed by atoms with Crippen molar-refractivity contribution < 1.29 is 19.2 Å². The predicted octanol–water partition coefficient (Wildman–Crippen LogP) is 0.404. The zero-order valence-electron chi connectivity index (χ0n) is 16.4. The number of amides is 1. The lowest BCUT2D eigenvalue weighted by Crippen LogP contribution is -3.16. The number of hydrogen-bond acceptors (Lipinski definition) is 4. The number of hydrogen-bond donors (Lipinski definition) is 2. The summed E-state index contributed by atoms with van der Waals surface area (Å²) in [6.45, 7) is 10.2. The molecular weight excluding hydrogens is 330 g/mol. The van der Waals surface area contributed by atoms with E-state index in [4.69, 9.17) is 4.74 Å². The SMILES string of the molecule is CC[C@H](C)[C@@H](NC(=O)C[NH+]1CCN(c2ccccc2C)CC1)C(=O)OC. The first-order valence-electron chi connectivity index (χ1n) is 9.47. The van der Waals surface area contributed by atoms with Crippen LogP contribution in [0.3, 0.4) is 0 Å². The fourth-order valence-electron chi connectivity index (χ4n) is 3.41. The van der Waals surface area contributed by atoms with Gasteiger partial charge in [0.1, 0.15) is 6.04 Å². The predicted molar refractivity (Wildman–Crippen MR) is 102 cm³/mol. The van der Waals surface area contributed by atoms with E-state index in [2.05, 4.69) is 41.4 Å². The maximum Gasteiger partial charge on any atom is 0.328 e. The molecule has 1 heterocycles. The summed E-state index contributed by atoms with van der Waals surface area (Å²) in [7, 11) is 1.36. The molecule has 1 aromatic carbocycles. The molecule has 6 nitrogen and oxygen atoms in total. The molecule has 1 aliphatic rings. The van der Waals surface area contributed by atoms with Crippen LogP contribution in [0.15, 0.2) is 24.3 Å². The van der Waals surface area contributed by atoms with Crippen molar-refractivity contribution in [2.45, 2.75) is 33.2 Å². The van der Waals surface area contributed by atoms with Crippen LogP contribution in [0.25, 0.3) is 0 Å². The third kappa shape index (κ3) is 5.21. The third-order valence-electron chi connectivity index (χ3n) is 5.32. The van der Waals surface area contributed by atoms with Crippen LogP contribution >= 0.6 is 0 Å². The van der Waals surface area contributed by atoms with Crippen molar-refractivity contribution in [2.75, 3.05) is 44.7 Å². The van der Waals surface area contributed by atoms with Gasteiger partial charge in [-0.15, -0.1) is 0 Å². The van der Waals surface area contributed by atoms with Crippen LogP contribution in [-0.4, -0.2) is 57.8 Å². The monoisotopic (exact) mass is 362 g/mol. The molecule has 0 saturated carbocycles. The van der Waals surface area contributed by atoms with Crippen LogP contribution in [0.2, 0.25) is 0 Å². The second-order valence-electron chi connectivity index (χ2n) is 7.15. The molecule has 6 heteroatoms. The molecule has 26 heavy (non-hydrogen) atoms. The van der Waals surface area contributed by atoms with Gasteiger partial charge in [-0.2, -0.15) is 0 Å². The molecule has 0 bridgehead atoms. The molecule has 1 aliphatic heterocycles. The number of quaternary nitrogens is 1. The lowest BCUT2D eigenvalue weighted by molar-refractivity contribution is -0.892. The first-order valence-corrected chi connectivity index (χ1v) is 9.47. The number of methoxy groups -OCH3 is 1. The zero-order chi connectivity index (χ0) is 19.1. The minimum Gasteiger partial charge on any atom is -0.467 e. The summed E-state index contributed by atoms with van der Waals surface area (Å²) in [4.78, 5) is 28.0. The van der Waals surface area contributed by atoms with Crippen molar-refractivity contribution >= 4 is 17.6 Å². The van der Waals surface area contributed by atoms with Gasteiger partial charge in [0.05, 0.1) is 33.3 Å². The molecule has 1 amide bonds. The Bertz CT molecular complexity index is 612. The van der Waals surface area contributed by atoms with E-state index in [1.54, 1.807) is 0 Å². The van der Waals surface area contributed by atoms with E-state index >= 15 is 0 Å². The highest BCUT2D eigenvalue weighted by molar-refractivity contribution is 5.85. The second-order valence-corrected chi connectivity index (χ2v) is 7.15. The molecule has 2 rings (SSSR count). The van der Waals surface area contributed by atoms with Crippen molar-refractivity contribution in [1.29, 1.82) is 0 Å². The largest absolute Gasteiger partial charge is 0.467 e. The molecule has 0 unspecified atom stereocenters. The summed E-state index contributed by atoms with van der Waals surface area (Å²) in [5, 5.41) is 2.87. The standard InChI is InChI=1S/C20H31N3O3/c1-5-15(2)19(20(25)26-4)21-18(24)14-22-10-12-23(13-11-22)17-9-7-6-8-16(17)3/h6-9,15,19H,5,10-14H2,1-4H3,(H,21,24)/p+1/t15-,19+/m0/s1. The van der Waals surface area contributed by atoms with Crippen molar-refractivity contribution in [1.82, 2.24) is 5.32 Å². The Morgan fingerprint density at radius 3 is 2.50 bits per heavy atom. The molecule has 1 fully saturated rings. The van der Waals surface area contributed by atoms with Gasteiger partial charge in [0.25, 0.3) is 5.91 Å². The summed E-state index contributed by atoms with van der Waals surface area (Å²) in [5.41, 5.74) is 2.56. The zero-order valence-corrected chi connectivity index (χ0v) is 16.4. The van der Waals surface area contributed by atoms with Gasteiger partial charge in [-0.1, -0.05) is 38.5 Å². The number of aryl methyl sites for hydroxylation is 1. The summed E-state index contributed by atoms with van der Waals surface area (Å²) >= 11 is 0. The third-order valence-corrected chi connectivity index (χ3v) is 5.32. The molecule has 1 aromatic rings. The van der Waals surface area contributed by atoms with E-state index in [0.717, 1.165) is 32.6 Å². The second kappa shape index (κ2) is 9.57. The van der Waals surface area contributed by atoms with Crippen molar-refractivity contribution in [3.05, 3.63) is 29.8 Å². The molecular formula is C20H32N3O3+. The van der Waals surface area contributed by atoms with E-state index in [-0.39, 0.29) is 17.8 Å². The average Bonchev–Trinajstić information content (AvgIpc) is 2.66. The normalized spacial score (nSPS) is 17.5. The van der Waals surface area contributed by atoms with Gasteiger partial charge in [-0.3, -0.25) is 4.79 Å². The van der Waals surface area contributed by atoms with E-state index in [9.17, 15) is 9.59 Å². The summed E-state index contributed by atoms with van der Waals surface area (Å²) in [6.07, 6.45) is 0.808. The number of nitrogens with one attached hydrogen (secondary N) is 2. The molecule has 1 saturated heterocycles. The van der Waals surface area contributed by atoms with E-state index in [1.807, 2.05) is 13.8 Å². The number of para-hydroxylation sites is 1. The van der Waals surface area contributed by atoms with Crippen molar-refractivity contribution in [3.63, 3.8) is 0 Å². The number of nitrogens with zero attached hydrogens (tertiary/aromatic N) is 1. The lowest BCUT2D eigenvalue weighted by atomic mass is 9.99.